The van der Waals surface area contributed by atoms with Crippen LogP contribution in [-0.4, -0.2) is 42.7 Å². The molecule has 2 aromatic rings. The van der Waals surface area contributed by atoms with Gasteiger partial charge in [0.1, 0.15) is 5.37 Å². The third-order valence-electron chi connectivity index (χ3n) is 7.03. The number of hydrogen-bond donors (Lipinski definition) is 0. The maximum absolute atomic E-state index is 14.1. The molecule has 4 rings (SSSR count). The van der Waals surface area contributed by atoms with Crippen molar-refractivity contribution >= 4 is 15.9 Å². The molecule has 0 bridgehead atoms. The molecule has 3 unspecified atom stereocenters. The molecule has 1 aliphatic heterocycles. The number of amides is 2. The predicted octanol–water partition coefficient (Wildman–Crippen LogP) is 5.17. The summed E-state index contributed by atoms with van der Waals surface area (Å²) in [5.74, 6) is -0.0612. The van der Waals surface area contributed by atoms with Crippen molar-refractivity contribution in [3.8, 4) is 0 Å². The van der Waals surface area contributed by atoms with E-state index in [2.05, 4.69) is 0 Å². The summed E-state index contributed by atoms with van der Waals surface area (Å²) in [4.78, 5) is 17.2. The number of urea groups is 1. The lowest BCUT2D eigenvalue weighted by atomic mass is 9.88. The SMILES string of the molecule is Cc1ccc(S(=O)(=O)C(C2CCCCC2)N2C(=O)N(C)C(C)C2c2ccccc2)cc1. The van der Waals surface area contributed by atoms with Gasteiger partial charge in [-0.3, -0.25) is 4.90 Å². The van der Waals surface area contributed by atoms with Gasteiger partial charge in [-0.15, -0.1) is 0 Å². The van der Waals surface area contributed by atoms with Gasteiger partial charge < -0.3 is 4.90 Å². The Kier molecular flexibility index (Phi) is 6.11. The average Bonchev–Trinajstić information content (AvgIpc) is 2.99. The zero-order valence-corrected chi connectivity index (χ0v) is 19.4. The zero-order valence-electron chi connectivity index (χ0n) is 18.6. The number of carbonyl (C=O) groups is 1. The van der Waals surface area contributed by atoms with Crippen LogP contribution in [0.1, 0.15) is 56.2 Å². The summed E-state index contributed by atoms with van der Waals surface area (Å²) in [6.07, 6.45) is 4.81. The molecule has 6 heteroatoms. The largest absolute Gasteiger partial charge is 0.323 e. The number of sulfone groups is 1. The predicted molar refractivity (Wildman–Crippen MR) is 122 cm³/mol. The van der Waals surface area contributed by atoms with Crippen molar-refractivity contribution in [1.29, 1.82) is 0 Å². The monoisotopic (exact) mass is 440 g/mol. The van der Waals surface area contributed by atoms with Crippen LogP contribution in [0.5, 0.6) is 0 Å². The van der Waals surface area contributed by atoms with Crippen molar-refractivity contribution in [3.63, 3.8) is 0 Å². The Bertz CT molecular complexity index is 1010. The van der Waals surface area contributed by atoms with Crippen LogP contribution in [0.2, 0.25) is 0 Å². The summed E-state index contributed by atoms with van der Waals surface area (Å²) in [6.45, 7) is 3.95. The van der Waals surface area contributed by atoms with Gasteiger partial charge in [-0.25, -0.2) is 13.2 Å². The highest BCUT2D eigenvalue weighted by atomic mass is 32.2. The summed E-state index contributed by atoms with van der Waals surface area (Å²) < 4.78 is 28.1. The van der Waals surface area contributed by atoms with E-state index in [0.29, 0.717) is 4.90 Å². The molecule has 1 saturated carbocycles. The van der Waals surface area contributed by atoms with E-state index in [-0.39, 0.29) is 24.0 Å². The summed E-state index contributed by atoms with van der Waals surface area (Å²) in [5, 5.41) is -0.861. The van der Waals surface area contributed by atoms with Gasteiger partial charge in [-0.2, -0.15) is 0 Å². The van der Waals surface area contributed by atoms with Crippen LogP contribution < -0.4 is 0 Å². The van der Waals surface area contributed by atoms with Crippen LogP contribution in [-0.2, 0) is 9.84 Å². The van der Waals surface area contributed by atoms with Gasteiger partial charge in [0.25, 0.3) is 0 Å². The lowest BCUT2D eigenvalue weighted by molar-refractivity contribution is 0.154. The number of hydrogen-bond acceptors (Lipinski definition) is 3. The number of nitrogens with zero attached hydrogens (tertiary/aromatic N) is 2. The molecular weight excluding hydrogens is 408 g/mol. The van der Waals surface area contributed by atoms with Crippen molar-refractivity contribution < 1.29 is 13.2 Å². The fourth-order valence-corrected chi connectivity index (χ4v) is 7.29. The first-order valence-corrected chi connectivity index (χ1v) is 12.8. The van der Waals surface area contributed by atoms with Crippen molar-refractivity contribution in [2.45, 2.75) is 68.3 Å². The molecule has 0 radical (unpaired) electrons. The van der Waals surface area contributed by atoms with E-state index in [0.717, 1.165) is 43.2 Å². The smallest absolute Gasteiger partial charge is 0.321 e. The lowest BCUT2D eigenvalue weighted by Crippen LogP contribution is -2.49. The normalized spacial score (nSPS) is 23.9. The van der Waals surface area contributed by atoms with E-state index in [9.17, 15) is 13.2 Å². The summed E-state index contributed by atoms with van der Waals surface area (Å²) in [6, 6.07) is 16.3. The average molecular weight is 441 g/mol. The number of benzene rings is 2. The topological polar surface area (TPSA) is 57.7 Å². The zero-order chi connectivity index (χ0) is 22.2. The molecule has 166 valence electrons. The van der Waals surface area contributed by atoms with E-state index in [1.807, 2.05) is 56.3 Å². The molecule has 0 N–H and O–H groups in total. The van der Waals surface area contributed by atoms with E-state index in [4.69, 9.17) is 0 Å². The molecule has 1 saturated heterocycles. The third kappa shape index (κ3) is 3.98. The number of aryl methyl sites for hydroxylation is 1. The minimum Gasteiger partial charge on any atom is -0.323 e. The molecule has 3 atom stereocenters. The molecule has 0 spiro atoms. The minimum atomic E-state index is -3.74. The molecule has 31 heavy (non-hydrogen) atoms. The van der Waals surface area contributed by atoms with Gasteiger partial charge >= 0.3 is 6.03 Å². The van der Waals surface area contributed by atoms with Gasteiger partial charge in [-0.1, -0.05) is 67.3 Å². The molecule has 2 amide bonds. The fraction of sp³-hybridized carbons (Fsp3) is 0.480. The lowest BCUT2D eigenvalue weighted by Gasteiger charge is -2.39. The Morgan fingerprint density at radius 1 is 0.935 bits per heavy atom. The standard InChI is InChI=1S/C25H32N2O3S/c1-18-14-16-22(17-15-18)31(29,30)24(21-12-8-5-9-13-21)27-23(19(2)26(3)25(27)28)20-10-6-4-7-11-20/h4,6-7,10-11,14-17,19,21,23-24H,5,8-9,12-13H2,1-3H3. The van der Waals surface area contributed by atoms with Gasteiger partial charge in [-0.05, 0) is 50.3 Å². The van der Waals surface area contributed by atoms with Crippen molar-refractivity contribution in [2.24, 2.45) is 5.92 Å². The summed E-state index contributed by atoms with van der Waals surface area (Å²) in [5.41, 5.74) is 1.99. The van der Waals surface area contributed by atoms with E-state index >= 15 is 0 Å². The Balaban J connectivity index is 1.85. The van der Waals surface area contributed by atoms with E-state index in [1.54, 1.807) is 29.0 Å². The second-order valence-electron chi connectivity index (χ2n) is 9.04. The third-order valence-corrected chi connectivity index (χ3v) is 9.20. The first-order valence-electron chi connectivity index (χ1n) is 11.2. The molecule has 1 aliphatic carbocycles. The van der Waals surface area contributed by atoms with Crippen molar-refractivity contribution in [3.05, 3.63) is 65.7 Å². The van der Waals surface area contributed by atoms with Crippen LogP contribution in [0.25, 0.3) is 0 Å². The number of rotatable bonds is 5. The second-order valence-corrected chi connectivity index (χ2v) is 11.1. The van der Waals surface area contributed by atoms with Crippen LogP contribution in [0, 0.1) is 12.8 Å². The highest BCUT2D eigenvalue weighted by Gasteiger charge is 2.52. The van der Waals surface area contributed by atoms with Crippen molar-refractivity contribution in [2.75, 3.05) is 7.05 Å². The molecule has 5 nitrogen and oxygen atoms in total. The maximum atomic E-state index is 14.1. The molecular formula is C25H32N2O3S. The van der Waals surface area contributed by atoms with Crippen LogP contribution in [0.4, 0.5) is 4.79 Å². The van der Waals surface area contributed by atoms with Crippen LogP contribution >= 0.6 is 0 Å². The Morgan fingerprint density at radius 2 is 1.55 bits per heavy atom. The van der Waals surface area contributed by atoms with Crippen LogP contribution in [0.3, 0.4) is 0 Å². The molecule has 1 heterocycles. The highest BCUT2D eigenvalue weighted by Crippen LogP contribution is 2.43. The fourth-order valence-electron chi connectivity index (χ4n) is 5.19. The van der Waals surface area contributed by atoms with Gasteiger partial charge in [0.2, 0.25) is 0 Å². The van der Waals surface area contributed by atoms with Gasteiger partial charge in [0.15, 0.2) is 9.84 Å². The second kappa shape index (κ2) is 8.65. The Hall–Kier alpha value is -2.34. The number of likely N-dealkylation sites (N-methyl/N-ethyl adjacent to an activating group) is 1. The molecule has 0 aromatic heterocycles. The molecule has 2 aliphatic rings. The first-order chi connectivity index (χ1) is 14.8. The van der Waals surface area contributed by atoms with Gasteiger partial charge in [0.05, 0.1) is 17.0 Å². The first kappa shape index (κ1) is 21.9. The summed E-state index contributed by atoms with van der Waals surface area (Å²) >= 11 is 0. The van der Waals surface area contributed by atoms with Crippen molar-refractivity contribution in [1.82, 2.24) is 9.80 Å². The number of carbonyl (C=O) groups excluding carboxylic acids is 1. The molecule has 2 aromatic carbocycles. The quantitative estimate of drug-likeness (QED) is 0.644. The van der Waals surface area contributed by atoms with E-state index < -0.39 is 15.2 Å². The van der Waals surface area contributed by atoms with Gasteiger partial charge in [0, 0.05) is 7.05 Å². The highest BCUT2D eigenvalue weighted by molar-refractivity contribution is 7.92. The van der Waals surface area contributed by atoms with Crippen LogP contribution in [0.15, 0.2) is 59.5 Å². The molecule has 2 fully saturated rings. The minimum absolute atomic E-state index is 0.0612. The Morgan fingerprint density at radius 3 is 2.16 bits per heavy atom. The Labute approximate surface area is 186 Å². The van der Waals surface area contributed by atoms with E-state index in [1.165, 1.54) is 0 Å². The summed E-state index contributed by atoms with van der Waals surface area (Å²) in [7, 11) is -1.97. The maximum Gasteiger partial charge on any atom is 0.321 e.